The molecule has 0 radical (unpaired) electrons. The molecule has 5 heteroatoms. The van der Waals surface area contributed by atoms with Crippen molar-refractivity contribution in [1.82, 2.24) is 9.97 Å². The largest absolute Gasteiger partial charge is 0.365 e. The lowest BCUT2D eigenvalue weighted by atomic mass is 10.3. The number of rotatable bonds is 3. The van der Waals surface area contributed by atoms with Crippen LogP contribution in [0.4, 0.5) is 5.82 Å². The van der Waals surface area contributed by atoms with Crippen molar-refractivity contribution in [2.45, 2.75) is 13.5 Å². The van der Waals surface area contributed by atoms with Gasteiger partial charge in [-0.15, -0.1) is 11.3 Å². The number of pyridine rings is 1. The Bertz CT molecular complexity index is 510. The van der Waals surface area contributed by atoms with E-state index in [4.69, 9.17) is 5.26 Å². The minimum atomic E-state index is 0.569. The second-order valence-electron chi connectivity index (χ2n) is 3.26. The van der Waals surface area contributed by atoms with Crippen molar-refractivity contribution in [3.63, 3.8) is 0 Å². The Kier molecular flexibility index (Phi) is 3.13. The summed E-state index contributed by atoms with van der Waals surface area (Å²) in [6, 6.07) is 5.58. The summed E-state index contributed by atoms with van der Waals surface area (Å²) in [5, 5.41) is 11.8. The van der Waals surface area contributed by atoms with Gasteiger partial charge in [-0.05, 0) is 19.1 Å². The fraction of sp³-hybridized carbons (Fsp3) is 0.182. The number of anilines is 1. The molecule has 0 aliphatic rings. The summed E-state index contributed by atoms with van der Waals surface area (Å²) in [5.74, 6) is 0.770. The molecule has 0 saturated carbocycles. The first-order valence-electron chi connectivity index (χ1n) is 4.78. The summed E-state index contributed by atoms with van der Waals surface area (Å²) < 4.78 is 0. The van der Waals surface area contributed by atoms with Crippen molar-refractivity contribution < 1.29 is 0 Å². The number of nitrogens with zero attached hydrogens (tertiary/aromatic N) is 3. The average Bonchev–Trinajstić information content (AvgIpc) is 2.73. The van der Waals surface area contributed by atoms with Crippen molar-refractivity contribution in [3.8, 4) is 6.07 Å². The molecule has 0 bridgehead atoms. The van der Waals surface area contributed by atoms with Gasteiger partial charge in [0.25, 0.3) is 0 Å². The van der Waals surface area contributed by atoms with Crippen LogP contribution in [0, 0.1) is 18.3 Å². The van der Waals surface area contributed by atoms with Crippen LogP contribution in [0.25, 0.3) is 0 Å². The lowest BCUT2D eigenvalue weighted by Gasteiger charge is -2.03. The van der Waals surface area contributed by atoms with Crippen molar-refractivity contribution in [2.24, 2.45) is 0 Å². The SMILES string of the molecule is Cc1ncsc1CNc1ccc(C#N)cn1. The summed E-state index contributed by atoms with van der Waals surface area (Å²) in [4.78, 5) is 9.50. The molecule has 2 heterocycles. The normalized spacial score (nSPS) is 9.75. The summed E-state index contributed by atoms with van der Waals surface area (Å²) >= 11 is 1.62. The Labute approximate surface area is 97.6 Å². The van der Waals surface area contributed by atoms with Crippen LogP contribution in [0.2, 0.25) is 0 Å². The summed E-state index contributed by atoms with van der Waals surface area (Å²) in [6.07, 6.45) is 1.56. The van der Waals surface area contributed by atoms with Gasteiger partial charge in [0.2, 0.25) is 0 Å². The molecule has 0 saturated heterocycles. The average molecular weight is 230 g/mol. The van der Waals surface area contributed by atoms with Crippen molar-refractivity contribution in [3.05, 3.63) is 40.0 Å². The maximum absolute atomic E-state index is 8.63. The first-order valence-corrected chi connectivity index (χ1v) is 5.66. The smallest absolute Gasteiger partial charge is 0.126 e. The number of aromatic nitrogens is 2. The van der Waals surface area contributed by atoms with E-state index >= 15 is 0 Å². The monoisotopic (exact) mass is 230 g/mol. The number of nitriles is 1. The molecule has 0 amide bonds. The molecule has 4 nitrogen and oxygen atoms in total. The van der Waals surface area contributed by atoms with Gasteiger partial charge in [-0.2, -0.15) is 5.26 Å². The van der Waals surface area contributed by atoms with Gasteiger partial charge in [0.15, 0.2) is 0 Å². The van der Waals surface area contributed by atoms with Crippen LogP contribution in [0.15, 0.2) is 23.8 Å². The highest BCUT2D eigenvalue weighted by Gasteiger charge is 2.01. The van der Waals surface area contributed by atoms with Gasteiger partial charge in [0, 0.05) is 11.1 Å². The minimum absolute atomic E-state index is 0.569. The highest BCUT2D eigenvalue weighted by Crippen LogP contribution is 2.14. The van der Waals surface area contributed by atoms with E-state index < -0.39 is 0 Å². The van der Waals surface area contributed by atoms with Crippen molar-refractivity contribution >= 4 is 17.2 Å². The van der Waals surface area contributed by atoms with Gasteiger partial charge in [-0.1, -0.05) is 0 Å². The van der Waals surface area contributed by atoms with Crippen molar-refractivity contribution in [2.75, 3.05) is 5.32 Å². The zero-order chi connectivity index (χ0) is 11.4. The van der Waals surface area contributed by atoms with E-state index in [1.165, 1.54) is 4.88 Å². The molecule has 16 heavy (non-hydrogen) atoms. The molecule has 0 unspecified atom stereocenters. The molecular formula is C11H10N4S. The first-order chi connectivity index (χ1) is 7.79. The van der Waals surface area contributed by atoms with E-state index in [-0.39, 0.29) is 0 Å². The molecule has 0 aromatic carbocycles. The molecule has 0 aliphatic heterocycles. The molecule has 0 atom stereocenters. The van der Waals surface area contributed by atoms with Gasteiger partial charge in [0.1, 0.15) is 11.9 Å². The first kappa shape index (κ1) is 10.6. The lowest BCUT2D eigenvalue weighted by Crippen LogP contribution is -2.00. The van der Waals surface area contributed by atoms with Crippen LogP contribution < -0.4 is 5.32 Å². The topological polar surface area (TPSA) is 61.6 Å². The maximum atomic E-state index is 8.63. The van der Waals surface area contributed by atoms with E-state index in [0.717, 1.165) is 18.1 Å². The highest BCUT2D eigenvalue weighted by atomic mass is 32.1. The zero-order valence-electron chi connectivity index (χ0n) is 8.77. The Morgan fingerprint density at radius 3 is 2.88 bits per heavy atom. The van der Waals surface area contributed by atoms with Crippen LogP contribution in [-0.2, 0) is 6.54 Å². The standard InChI is InChI=1S/C11H10N4S/c1-8-10(16-7-15-8)6-14-11-3-2-9(4-12)5-13-11/h2-3,5,7H,6H2,1H3,(H,13,14). The molecule has 0 spiro atoms. The Morgan fingerprint density at radius 2 is 2.31 bits per heavy atom. The Morgan fingerprint density at radius 1 is 1.44 bits per heavy atom. The van der Waals surface area contributed by atoms with Crippen LogP contribution in [0.3, 0.4) is 0 Å². The third kappa shape index (κ3) is 2.35. The fourth-order valence-corrected chi connectivity index (χ4v) is 1.95. The number of hydrogen-bond donors (Lipinski definition) is 1. The van der Waals surface area contributed by atoms with Crippen molar-refractivity contribution in [1.29, 1.82) is 5.26 Å². The molecule has 80 valence electrons. The molecule has 2 aromatic heterocycles. The number of hydrogen-bond acceptors (Lipinski definition) is 5. The Balaban J connectivity index is 2.00. The quantitative estimate of drug-likeness (QED) is 0.879. The summed E-state index contributed by atoms with van der Waals surface area (Å²) in [6.45, 7) is 2.70. The third-order valence-corrected chi connectivity index (χ3v) is 3.10. The van der Waals surface area contributed by atoms with E-state index in [9.17, 15) is 0 Å². The number of thiazole rings is 1. The highest BCUT2D eigenvalue weighted by molar-refractivity contribution is 7.09. The predicted molar refractivity (Wildman–Crippen MR) is 63.1 cm³/mol. The molecule has 0 fully saturated rings. The molecule has 2 aromatic rings. The van der Waals surface area contributed by atoms with Crippen LogP contribution in [0.1, 0.15) is 16.1 Å². The second kappa shape index (κ2) is 4.73. The maximum Gasteiger partial charge on any atom is 0.126 e. The molecule has 0 aliphatic carbocycles. The van der Waals surface area contributed by atoms with Gasteiger partial charge in [0.05, 0.1) is 23.3 Å². The van der Waals surface area contributed by atoms with Gasteiger partial charge >= 0.3 is 0 Å². The summed E-state index contributed by atoms with van der Waals surface area (Å²) in [7, 11) is 0. The fourth-order valence-electron chi connectivity index (χ4n) is 1.23. The van der Waals surface area contributed by atoms with Crippen LogP contribution in [0.5, 0.6) is 0 Å². The third-order valence-electron chi connectivity index (χ3n) is 2.17. The van der Waals surface area contributed by atoms with E-state index in [1.54, 1.807) is 29.7 Å². The van der Waals surface area contributed by atoms with E-state index in [2.05, 4.69) is 15.3 Å². The second-order valence-corrected chi connectivity index (χ2v) is 4.20. The summed E-state index contributed by atoms with van der Waals surface area (Å²) in [5.41, 5.74) is 3.45. The van der Waals surface area contributed by atoms with Gasteiger partial charge in [-0.3, -0.25) is 0 Å². The van der Waals surface area contributed by atoms with E-state index in [1.807, 2.05) is 18.5 Å². The van der Waals surface area contributed by atoms with Crippen LogP contribution in [-0.4, -0.2) is 9.97 Å². The van der Waals surface area contributed by atoms with Gasteiger partial charge in [-0.25, -0.2) is 9.97 Å². The molecular weight excluding hydrogens is 220 g/mol. The van der Waals surface area contributed by atoms with Crippen LogP contribution >= 0.6 is 11.3 Å². The lowest BCUT2D eigenvalue weighted by molar-refractivity contribution is 1.09. The predicted octanol–water partition coefficient (Wildman–Crippen LogP) is 2.33. The zero-order valence-corrected chi connectivity index (χ0v) is 9.58. The van der Waals surface area contributed by atoms with E-state index in [0.29, 0.717) is 5.56 Å². The molecule has 2 rings (SSSR count). The minimum Gasteiger partial charge on any atom is -0.365 e. The Hall–Kier alpha value is -1.93. The number of nitrogens with one attached hydrogen (secondary N) is 1. The number of aryl methyl sites for hydroxylation is 1. The van der Waals surface area contributed by atoms with Gasteiger partial charge < -0.3 is 5.32 Å². The molecule has 1 N–H and O–H groups in total.